The highest BCUT2D eigenvalue weighted by Gasteiger charge is 2.33. The molecular formula is C12H16O3. The second-order valence-corrected chi connectivity index (χ2v) is 3.89. The molecule has 1 N–H and O–H groups in total. The van der Waals surface area contributed by atoms with E-state index >= 15 is 0 Å². The van der Waals surface area contributed by atoms with Gasteiger partial charge >= 0.3 is 0 Å². The molecule has 82 valence electrons. The van der Waals surface area contributed by atoms with E-state index < -0.39 is 6.10 Å². The molecule has 3 heteroatoms. The van der Waals surface area contributed by atoms with Crippen molar-refractivity contribution in [1.82, 2.24) is 0 Å². The maximum absolute atomic E-state index is 10.0. The lowest BCUT2D eigenvalue weighted by Gasteiger charge is -2.11. The van der Waals surface area contributed by atoms with Crippen LogP contribution in [0.25, 0.3) is 0 Å². The van der Waals surface area contributed by atoms with Crippen LogP contribution in [0, 0.1) is 6.92 Å². The molecule has 0 aromatic heterocycles. The van der Waals surface area contributed by atoms with Crippen LogP contribution in [0.3, 0.4) is 0 Å². The lowest BCUT2D eigenvalue weighted by Crippen LogP contribution is -2.16. The predicted octanol–water partition coefficient (Wildman–Crippen LogP) is 2.21. The molecule has 0 aliphatic carbocycles. The quantitative estimate of drug-likeness (QED) is 0.809. The second kappa shape index (κ2) is 3.74. The number of aryl methyl sites for hydroxylation is 1. The molecule has 0 fully saturated rings. The molecule has 0 amide bonds. The Morgan fingerprint density at radius 2 is 2.20 bits per heavy atom. The Kier molecular flexibility index (Phi) is 2.57. The molecule has 1 aromatic rings. The Morgan fingerprint density at radius 3 is 2.80 bits per heavy atom. The third-order valence-electron chi connectivity index (χ3n) is 2.79. The van der Waals surface area contributed by atoms with E-state index in [0.29, 0.717) is 11.5 Å². The largest absolute Gasteiger partial charge is 0.493 e. The zero-order valence-corrected chi connectivity index (χ0v) is 9.28. The third-order valence-corrected chi connectivity index (χ3v) is 2.79. The number of ether oxygens (including phenoxy) is 2. The minimum atomic E-state index is -0.529. The molecule has 2 unspecified atom stereocenters. The van der Waals surface area contributed by atoms with Crippen LogP contribution >= 0.6 is 0 Å². The zero-order chi connectivity index (χ0) is 11.0. The van der Waals surface area contributed by atoms with Gasteiger partial charge in [0.05, 0.1) is 7.11 Å². The van der Waals surface area contributed by atoms with E-state index in [1.807, 2.05) is 26.0 Å². The molecule has 0 spiro atoms. The first-order valence-corrected chi connectivity index (χ1v) is 5.20. The fraction of sp³-hybridized carbons (Fsp3) is 0.500. The number of benzene rings is 1. The smallest absolute Gasteiger partial charge is 0.167 e. The molecule has 2 atom stereocenters. The van der Waals surface area contributed by atoms with E-state index in [1.54, 1.807) is 7.11 Å². The van der Waals surface area contributed by atoms with Crippen LogP contribution < -0.4 is 9.47 Å². The Bertz CT molecular complexity index is 373. The van der Waals surface area contributed by atoms with Gasteiger partial charge in [0.25, 0.3) is 0 Å². The number of rotatable bonds is 2. The first kappa shape index (κ1) is 10.3. The van der Waals surface area contributed by atoms with Gasteiger partial charge in [-0.3, -0.25) is 0 Å². The second-order valence-electron chi connectivity index (χ2n) is 3.89. The van der Waals surface area contributed by atoms with Crippen molar-refractivity contribution in [3.8, 4) is 11.5 Å². The van der Waals surface area contributed by atoms with Gasteiger partial charge in [0.15, 0.2) is 11.5 Å². The minimum Gasteiger partial charge on any atom is -0.493 e. The molecule has 2 rings (SSSR count). The van der Waals surface area contributed by atoms with Crippen molar-refractivity contribution in [1.29, 1.82) is 0 Å². The molecule has 0 radical (unpaired) electrons. The van der Waals surface area contributed by atoms with Gasteiger partial charge in [-0.05, 0) is 31.0 Å². The fourth-order valence-electron chi connectivity index (χ4n) is 1.99. The standard InChI is InChI=1S/C12H16O3/c1-4-9-11(13)8-5-7(2)6-10(14-3)12(8)15-9/h5-6,9,11,13H,4H2,1-3H3. The summed E-state index contributed by atoms with van der Waals surface area (Å²) in [5, 5.41) is 10.0. The van der Waals surface area contributed by atoms with E-state index in [0.717, 1.165) is 17.5 Å². The number of methoxy groups -OCH3 is 1. The van der Waals surface area contributed by atoms with Crippen molar-refractivity contribution < 1.29 is 14.6 Å². The van der Waals surface area contributed by atoms with Gasteiger partial charge in [0.2, 0.25) is 0 Å². The maximum Gasteiger partial charge on any atom is 0.167 e. The van der Waals surface area contributed by atoms with Gasteiger partial charge in [-0.25, -0.2) is 0 Å². The highest BCUT2D eigenvalue weighted by molar-refractivity contribution is 5.52. The Balaban J connectivity index is 2.48. The topological polar surface area (TPSA) is 38.7 Å². The SMILES string of the molecule is CCC1Oc2c(OC)cc(C)cc2C1O. The molecule has 15 heavy (non-hydrogen) atoms. The number of hydrogen-bond acceptors (Lipinski definition) is 3. The van der Waals surface area contributed by atoms with E-state index in [1.165, 1.54) is 0 Å². The lowest BCUT2D eigenvalue weighted by molar-refractivity contribution is 0.0644. The number of hydrogen-bond donors (Lipinski definition) is 1. The number of fused-ring (bicyclic) bond motifs is 1. The van der Waals surface area contributed by atoms with Crippen molar-refractivity contribution in [2.75, 3.05) is 7.11 Å². The van der Waals surface area contributed by atoms with Gasteiger partial charge in [0, 0.05) is 5.56 Å². The van der Waals surface area contributed by atoms with Crippen molar-refractivity contribution in [2.45, 2.75) is 32.5 Å². The van der Waals surface area contributed by atoms with E-state index in [2.05, 4.69) is 0 Å². The summed E-state index contributed by atoms with van der Waals surface area (Å²) in [6, 6.07) is 3.88. The highest BCUT2D eigenvalue weighted by Crippen LogP contribution is 2.44. The maximum atomic E-state index is 10.0. The summed E-state index contributed by atoms with van der Waals surface area (Å²) in [7, 11) is 1.62. The van der Waals surface area contributed by atoms with E-state index in [9.17, 15) is 5.11 Å². The minimum absolute atomic E-state index is 0.143. The zero-order valence-electron chi connectivity index (χ0n) is 9.28. The number of aliphatic hydroxyl groups excluding tert-OH is 1. The Hall–Kier alpha value is -1.22. The van der Waals surface area contributed by atoms with Crippen LogP contribution in [0.2, 0.25) is 0 Å². The van der Waals surface area contributed by atoms with Gasteiger partial charge in [-0.2, -0.15) is 0 Å². The summed E-state index contributed by atoms with van der Waals surface area (Å²) in [5.41, 5.74) is 1.92. The van der Waals surface area contributed by atoms with Crippen molar-refractivity contribution in [3.63, 3.8) is 0 Å². The Labute approximate surface area is 89.6 Å². The molecule has 3 nitrogen and oxygen atoms in total. The first-order valence-electron chi connectivity index (χ1n) is 5.20. The highest BCUT2D eigenvalue weighted by atomic mass is 16.5. The lowest BCUT2D eigenvalue weighted by atomic mass is 10.0. The summed E-state index contributed by atoms with van der Waals surface area (Å²) in [5.74, 6) is 1.41. The molecule has 1 aliphatic heterocycles. The van der Waals surface area contributed by atoms with Crippen LogP contribution in [-0.2, 0) is 0 Å². The van der Waals surface area contributed by atoms with Crippen LogP contribution in [-0.4, -0.2) is 18.3 Å². The summed E-state index contributed by atoms with van der Waals surface area (Å²) < 4.78 is 10.9. The van der Waals surface area contributed by atoms with Gasteiger partial charge in [-0.1, -0.05) is 6.92 Å². The van der Waals surface area contributed by atoms with Gasteiger partial charge < -0.3 is 14.6 Å². The van der Waals surface area contributed by atoms with E-state index in [-0.39, 0.29) is 6.10 Å². The summed E-state index contributed by atoms with van der Waals surface area (Å²) in [6.45, 7) is 3.98. The van der Waals surface area contributed by atoms with Crippen LogP contribution in [0.4, 0.5) is 0 Å². The molecule has 1 heterocycles. The van der Waals surface area contributed by atoms with E-state index in [4.69, 9.17) is 9.47 Å². The molecular weight excluding hydrogens is 192 g/mol. The summed E-state index contributed by atoms with van der Waals surface area (Å²) in [4.78, 5) is 0. The molecule has 1 aliphatic rings. The molecule has 0 saturated carbocycles. The Morgan fingerprint density at radius 1 is 1.47 bits per heavy atom. The van der Waals surface area contributed by atoms with Gasteiger partial charge in [-0.15, -0.1) is 0 Å². The molecule has 0 bridgehead atoms. The summed E-state index contributed by atoms with van der Waals surface area (Å²) in [6.07, 6.45) is 0.118. The average Bonchev–Trinajstić information content (AvgIpc) is 2.55. The van der Waals surface area contributed by atoms with Crippen LogP contribution in [0.15, 0.2) is 12.1 Å². The average molecular weight is 208 g/mol. The monoisotopic (exact) mass is 208 g/mol. The van der Waals surface area contributed by atoms with Crippen LogP contribution in [0.1, 0.15) is 30.6 Å². The normalized spacial score (nSPS) is 23.5. The number of aliphatic hydroxyl groups is 1. The van der Waals surface area contributed by atoms with Crippen molar-refractivity contribution in [3.05, 3.63) is 23.3 Å². The third kappa shape index (κ3) is 1.57. The van der Waals surface area contributed by atoms with Crippen molar-refractivity contribution in [2.24, 2.45) is 0 Å². The predicted molar refractivity (Wildman–Crippen MR) is 57.4 cm³/mol. The van der Waals surface area contributed by atoms with Crippen LogP contribution in [0.5, 0.6) is 11.5 Å². The van der Waals surface area contributed by atoms with Crippen molar-refractivity contribution >= 4 is 0 Å². The fourth-order valence-corrected chi connectivity index (χ4v) is 1.99. The summed E-state index contributed by atoms with van der Waals surface area (Å²) >= 11 is 0. The molecule has 1 aromatic carbocycles. The first-order chi connectivity index (χ1) is 7.17. The molecule has 0 saturated heterocycles. The van der Waals surface area contributed by atoms with Gasteiger partial charge in [0.1, 0.15) is 12.2 Å².